The standard InChI is InChI=1S/C14H13Cl2NO3S/c1-9-2-5-13(14(6-9)21(17,18)19)20-8-10-3-4-11(15)7-12(10)16/h2-7H,8H2,1H3,(H2,17,18,19). The van der Waals surface area contributed by atoms with Gasteiger partial charge in [0.25, 0.3) is 0 Å². The van der Waals surface area contributed by atoms with E-state index in [2.05, 4.69) is 0 Å². The Balaban J connectivity index is 2.28. The third kappa shape index (κ3) is 4.11. The smallest absolute Gasteiger partial charge is 0.241 e. The van der Waals surface area contributed by atoms with Gasteiger partial charge in [-0.25, -0.2) is 13.6 Å². The molecule has 7 heteroatoms. The number of aryl methyl sites for hydroxylation is 1. The van der Waals surface area contributed by atoms with Crippen molar-refractivity contribution < 1.29 is 13.2 Å². The van der Waals surface area contributed by atoms with Gasteiger partial charge in [0, 0.05) is 15.6 Å². The second-order valence-corrected chi connectivity index (χ2v) is 6.89. The van der Waals surface area contributed by atoms with E-state index in [0.717, 1.165) is 5.56 Å². The van der Waals surface area contributed by atoms with Gasteiger partial charge in [-0.3, -0.25) is 0 Å². The topological polar surface area (TPSA) is 69.4 Å². The van der Waals surface area contributed by atoms with Crippen molar-refractivity contribution in [3.63, 3.8) is 0 Å². The molecule has 0 amide bonds. The number of rotatable bonds is 4. The zero-order valence-corrected chi connectivity index (χ0v) is 13.5. The number of ether oxygens (including phenoxy) is 1. The largest absolute Gasteiger partial charge is 0.487 e. The number of primary sulfonamides is 1. The Labute approximate surface area is 133 Å². The molecule has 21 heavy (non-hydrogen) atoms. The van der Waals surface area contributed by atoms with Gasteiger partial charge in [-0.2, -0.15) is 0 Å². The summed E-state index contributed by atoms with van der Waals surface area (Å²) in [6.45, 7) is 1.89. The molecule has 2 aromatic rings. The molecule has 0 aliphatic carbocycles. The fourth-order valence-corrected chi connectivity index (χ4v) is 2.97. The van der Waals surface area contributed by atoms with Crippen LogP contribution in [0.5, 0.6) is 5.75 Å². The van der Waals surface area contributed by atoms with Gasteiger partial charge in [0.15, 0.2) is 0 Å². The molecule has 2 rings (SSSR count). The van der Waals surface area contributed by atoms with Crippen LogP contribution in [0.2, 0.25) is 10.0 Å². The Morgan fingerprint density at radius 3 is 2.48 bits per heavy atom. The highest BCUT2D eigenvalue weighted by Gasteiger charge is 2.16. The lowest BCUT2D eigenvalue weighted by Crippen LogP contribution is -2.14. The average Bonchev–Trinajstić information content (AvgIpc) is 2.38. The monoisotopic (exact) mass is 345 g/mol. The van der Waals surface area contributed by atoms with Crippen LogP contribution < -0.4 is 9.88 Å². The van der Waals surface area contributed by atoms with Gasteiger partial charge in [-0.15, -0.1) is 0 Å². The van der Waals surface area contributed by atoms with Crippen molar-refractivity contribution in [2.75, 3.05) is 0 Å². The van der Waals surface area contributed by atoms with Crippen LogP contribution in [0.4, 0.5) is 0 Å². The molecule has 2 N–H and O–H groups in total. The van der Waals surface area contributed by atoms with E-state index in [1.54, 1.807) is 37.3 Å². The molecule has 0 aliphatic rings. The van der Waals surface area contributed by atoms with Crippen molar-refractivity contribution in [2.24, 2.45) is 5.14 Å². The van der Waals surface area contributed by atoms with Crippen molar-refractivity contribution in [1.82, 2.24) is 0 Å². The summed E-state index contributed by atoms with van der Waals surface area (Å²) >= 11 is 11.9. The molecule has 0 unspecified atom stereocenters. The van der Waals surface area contributed by atoms with Crippen molar-refractivity contribution in [2.45, 2.75) is 18.4 Å². The fraction of sp³-hybridized carbons (Fsp3) is 0.143. The van der Waals surface area contributed by atoms with Gasteiger partial charge in [-0.05, 0) is 36.8 Å². The second-order valence-electron chi connectivity index (χ2n) is 4.52. The van der Waals surface area contributed by atoms with Gasteiger partial charge in [0.2, 0.25) is 10.0 Å². The van der Waals surface area contributed by atoms with E-state index in [9.17, 15) is 8.42 Å². The van der Waals surface area contributed by atoms with Gasteiger partial charge in [0.1, 0.15) is 17.3 Å². The molecule has 0 bridgehead atoms. The first kappa shape index (κ1) is 16.1. The van der Waals surface area contributed by atoms with E-state index < -0.39 is 10.0 Å². The summed E-state index contributed by atoms with van der Waals surface area (Å²) in [5.74, 6) is 0.189. The second kappa shape index (κ2) is 6.23. The van der Waals surface area contributed by atoms with Crippen molar-refractivity contribution in [3.05, 3.63) is 57.6 Å². The van der Waals surface area contributed by atoms with Crippen LogP contribution in [0.1, 0.15) is 11.1 Å². The normalized spacial score (nSPS) is 11.4. The lowest BCUT2D eigenvalue weighted by atomic mass is 10.2. The molecule has 0 radical (unpaired) electrons. The van der Waals surface area contributed by atoms with E-state index in [1.165, 1.54) is 6.07 Å². The highest BCUT2D eigenvalue weighted by Crippen LogP contribution is 2.27. The molecule has 0 heterocycles. The number of hydrogen-bond donors (Lipinski definition) is 1. The van der Waals surface area contributed by atoms with Gasteiger partial charge in [-0.1, -0.05) is 35.3 Å². The minimum absolute atomic E-state index is 0.0485. The average molecular weight is 346 g/mol. The van der Waals surface area contributed by atoms with Crippen molar-refractivity contribution >= 4 is 33.2 Å². The van der Waals surface area contributed by atoms with E-state index in [4.69, 9.17) is 33.1 Å². The van der Waals surface area contributed by atoms with E-state index in [0.29, 0.717) is 15.6 Å². The Morgan fingerprint density at radius 1 is 1.14 bits per heavy atom. The van der Waals surface area contributed by atoms with E-state index in [1.807, 2.05) is 0 Å². The molecule has 0 fully saturated rings. The summed E-state index contributed by atoms with van der Waals surface area (Å²) in [7, 11) is -3.86. The molecule has 4 nitrogen and oxygen atoms in total. The molecule has 0 aliphatic heterocycles. The van der Waals surface area contributed by atoms with Crippen LogP contribution in [0.15, 0.2) is 41.3 Å². The molecular weight excluding hydrogens is 333 g/mol. The Kier molecular flexibility index (Phi) is 4.78. The summed E-state index contributed by atoms with van der Waals surface area (Å²) in [6, 6.07) is 9.77. The van der Waals surface area contributed by atoms with Gasteiger partial charge in [0.05, 0.1) is 0 Å². The first-order valence-corrected chi connectivity index (χ1v) is 8.28. The van der Waals surface area contributed by atoms with Crippen molar-refractivity contribution in [1.29, 1.82) is 0 Å². The van der Waals surface area contributed by atoms with E-state index >= 15 is 0 Å². The number of benzene rings is 2. The molecule has 0 saturated heterocycles. The Hall–Kier alpha value is -1.27. The quantitative estimate of drug-likeness (QED) is 0.921. The number of hydrogen-bond acceptors (Lipinski definition) is 3. The Bertz CT molecular complexity index is 776. The SMILES string of the molecule is Cc1ccc(OCc2ccc(Cl)cc2Cl)c(S(N)(=O)=O)c1. The summed E-state index contributed by atoms with van der Waals surface area (Å²) < 4.78 is 28.7. The van der Waals surface area contributed by atoms with Crippen LogP contribution in [-0.4, -0.2) is 8.42 Å². The highest BCUT2D eigenvalue weighted by atomic mass is 35.5. The van der Waals surface area contributed by atoms with Crippen LogP contribution >= 0.6 is 23.2 Å². The fourth-order valence-electron chi connectivity index (χ4n) is 1.75. The minimum Gasteiger partial charge on any atom is -0.487 e. The zero-order valence-electron chi connectivity index (χ0n) is 11.1. The lowest BCUT2D eigenvalue weighted by molar-refractivity contribution is 0.298. The third-order valence-corrected chi connectivity index (χ3v) is 4.32. The molecule has 2 aromatic carbocycles. The lowest BCUT2D eigenvalue weighted by Gasteiger charge is -2.12. The molecule has 0 saturated carbocycles. The summed E-state index contributed by atoms with van der Waals surface area (Å²) in [5, 5.41) is 6.16. The van der Waals surface area contributed by atoms with Crippen LogP contribution in [-0.2, 0) is 16.6 Å². The predicted molar refractivity (Wildman–Crippen MR) is 83.3 cm³/mol. The predicted octanol–water partition coefficient (Wildman–Crippen LogP) is 3.53. The van der Waals surface area contributed by atoms with Crippen LogP contribution in [0.3, 0.4) is 0 Å². The number of halogens is 2. The van der Waals surface area contributed by atoms with Crippen molar-refractivity contribution in [3.8, 4) is 5.75 Å². The number of nitrogens with two attached hydrogens (primary N) is 1. The third-order valence-electron chi connectivity index (χ3n) is 2.80. The molecule has 0 aromatic heterocycles. The first-order valence-electron chi connectivity index (χ1n) is 5.97. The maximum absolute atomic E-state index is 11.6. The summed E-state index contributed by atoms with van der Waals surface area (Å²) in [4.78, 5) is -0.0485. The number of sulfonamides is 1. The molecule has 112 valence electrons. The van der Waals surface area contributed by atoms with Gasteiger partial charge < -0.3 is 4.74 Å². The molecule has 0 atom stereocenters. The van der Waals surface area contributed by atoms with Gasteiger partial charge >= 0.3 is 0 Å². The van der Waals surface area contributed by atoms with E-state index in [-0.39, 0.29) is 17.3 Å². The molecule has 0 spiro atoms. The maximum Gasteiger partial charge on any atom is 0.241 e. The maximum atomic E-state index is 11.6. The van der Waals surface area contributed by atoms with Crippen LogP contribution in [0, 0.1) is 6.92 Å². The highest BCUT2D eigenvalue weighted by molar-refractivity contribution is 7.89. The Morgan fingerprint density at radius 2 is 1.86 bits per heavy atom. The van der Waals surface area contributed by atoms with Crippen LogP contribution in [0.25, 0.3) is 0 Å². The summed E-state index contributed by atoms with van der Waals surface area (Å²) in [5.41, 5.74) is 1.47. The zero-order chi connectivity index (χ0) is 15.6. The summed E-state index contributed by atoms with van der Waals surface area (Å²) in [6.07, 6.45) is 0. The molecular formula is C14H13Cl2NO3S. The first-order chi connectivity index (χ1) is 9.77. The minimum atomic E-state index is -3.86.